The molecule has 0 aliphatic heterocycles. The van der Waals surface area contributed by atoms with Crippen molar-refractivity contribution in [1.29, 1.82) is 0 Å². The molecule has 2 nitrogen and oxygen atoms in total. The van der Waals surface area contributed by atoms with Crippen LogP contribution in [-0.4, -0.2) is 13.1 Å². The van der Waals surface area contributed by atoms with Crippen LogP contribution in [-0.2, 0) is 4.74 Å². The number of benzene rings is 3. The zero-order chi connectivity index (χ0) is 14.3. The Bertz CT molecular complexity index is 832. The molecule has 3 aromatic carbocycles. The van der Waals surface area contributed by atoms with Crippen molar-refractivity contribution in [3.05, 3.63) is 59.2 Å². The minimum atomic E-state index is -0.282. The number of aryl methyl sites for hydroxylation is 2. The fraction of sp³-hybridized carbons (Fsp3) is 0.167. The molecule has 0 spiro atoms. The molecule has 0 unspecified atom stereocenters. The highest BCUT2D eigenvalue weighted by atomic mass is 16.5. The second kappa shape index (κ2) is 4.64. The van der Waals surface area contributed by atoms with Gasteiger partial charge in [0.25, 0.3) is 0 Å². The molecule has 2 heteroatoms. The summed E-state index contributed by atoms with van der Waals surface area (Å²) >= 11 is 0. The summed E-state index contributed by atoms with van der Waals surface area (Å²) in [7, 11) is 1.43. The average molecular weight is 264 g/mol. The quantitative estimate of drug-likeness (QED) is 0.481. The maximum Gasteiger partial charge on any atom is 0.339 e. The lowest BCUT2D eigenvalue weighted by Gasteiger charge is -2.12. The Balaban J connectivity index is 2.57. The smallest absolute Gasteiger partial charge is 0.339 e. The molecule has 0 fully saturated rings. The van der Waals surface area contributed by atoms with E-state index in [2.05, 4.69) is 26.0 Å². The van der Waals surface area contributed by atoms with Gasteiger partial charge < -0.3 is 4.74 Å². The third-order valence-corrected chi connectivity index (χ3v) is 3.97. The summed E-state index contributed by atoms with van der Waals surface area (Å²) in [5, 5.41) is 4.08. The third kappa shape index (κ3) is 1.76. The molecule has 0 aromatic heterocycles. The molecule has 0 N–H and O–H groups in total. The molecule has 20 heavy (non-hydrogen) atoms. The summed E-state index contributed by atoms with van der Waals surface area (Å²) in [6, 6.07) is 14.1. The van der Waals surface area contributed by atoms with Gasteiger partial charge in [-0.25, -0.2) is 4.79 Å². The molecule has 0 atom stereocenters. The van der Waals surface area contributed by atoms with E-state index in [1.807, 2.05) is 30.3 Å². The number of hydrogen-bond acceptors (Lipinski definition) is 2. The fourth-order valence-electron chi connectivity index (χ4n) is 2.71. The number of hydrogen-bond donors (Lipinski definition) is 0. The first kappa shape index (κ1) is 12.7. The lowest BCUT2D eigenvalue weighted by Crippen LogP contribution is -2.04. The molecule has 0 aliphatic carbocycles. The van der Waals surface area contributed by atoms with Crippen molar-refractivity contribution in [3.8, 4) is 0 Å². The van der Waals surface area contributed by atoms with Crippen LogP contribution in [0.15, 0.2) is 42.5 Å². The molecule has 0 saturated heterocycles. The first-order valence-electron chi connectivity index (χ1n) is 6.63. The van der Waals surface area contributed by atoms with Crippen LogP contribution in [0.3, 0.4) is 0 Å². The van der Waals surface area contributed by atoms with E-state index < -0.39 is 0 Å². The summed E-state index contributed by atoms with van der Waals surface area (Å²) in [4.78, 5) is 12.2. The summed E-state index contributed by atoms with van der Waals surface area (Å²) in [5.74, 6) is -0.282. The Kier molecular flexibility index (Phi) is 2.94. The van der Waals surface area contributed by atoms with Crippen molar-refractivity contribution in [2.24, 2.45) is 0 Å². The molecule has 100 valence electrons. The molecule has 3 aromatic rings. The highest BCUT2D eigenvalue weighted by Gasteiger charge is 2.16. The minimum absolute atomic E-state index is 0.282. The molecule has 0 heterocycles. The van der Waals surface area contributed by atoms with E-state index in [4.69, 9.17) is 4.74 Å². The van der Waals surface area contributed by atoms with E-state index in [1.165, 1.54) is 18.2 Å². The second-order valence-electron chi connectivity index (χ2n) is 5.07. The predicted molar refractivity (Wildman–Crippen MR) is 82.3 cm³/mol. The number of methoxy groups -OCH3 is 1. The Morgan fingerprint density at radius 2 is 1.70 bits per heavy atom. The van der Waals surface area contributed by atoms with E-state index in [-0.39, 0.29) is 5.97 Å². The standard InChI is InChI=1S/C18H16O2/c1-11-8-9-15-16(12(11)2)10-13-6-4-5-7-14(13)17(15)18(19)20-3/h4-10H,1-3H3. The van der Waals surface area contributed by atoms with Crippen molar-refractivity contribution in [1.82, 2.24) is 0 Å². The summed E-state index contributed by atoms with van der Waals surface area (Å²) in [6.07, 6.45) is 0. The number of rotatable bonds is 1. The largest absolute Gasteiger partial charge is 0.465 e. The lowest BCUT2D eigenvalue weighted by molar-refractivity contribution is 0.0605. The van der Waals surface area contributed by atoms with Crippen molar-refractivity contribution < 1.29 is 9.53 Å². The van der Waals surface area contributed by atoms with Crippen molar-refractivity contribution in [2.45, 2.75) is 13.8 Å². The van der Waals surface area contributed by atoms with Gasteiger partial charge in [0.1, 0.15) is 0 Å². The lowest BCUT2D eigenvalue weighted by atomic mass is 9.92. The van der Waals surface area contributed by atoms with Crippen LogP contribution in [0.25, 0.3) is 21.5 Å². The molecule has 3 rings (SSSR count). The van der Waals surface area contributed by atoms with E-state index >= 15 is 0 Å². The Labute approximate surface area is 118 Å². The zero-order valence-corrected chi connectivity index (χ0v) is 11.9. The molecular weight excluding hydrogens is 248 g/mol. The predicted octanol–water partition coefficient (Wildman–Crippen LogP) is 4.40. The maximum absolute atomic E-state index is 12.2. The monoisotopic (exact) mass is 264 g/mol. The van der Waals surface area contributed by atoms with Gasteiger partial charge in [-0.2, -0.15) is 0 Å². The van der Waals surface area contributed by atoms with Gasteiger partial charge >= 0.3 is 5.97 Å². The molecular formula is C18H16O2. The molecule has 0 amide bonds. The Morgan fingerprint density at radius 3 is 2.45 bits per heavy atom. The van der Waals surface area contributed by atoms with Crippen LogP contribution in [0.5, 0.6) is 0 Å². The van der Waals surface area contributed by atoms with Gasteiger partial charge in [-0.1, -0.05) is 36.4 Å². The van der Waals surface area contributed by atoms with Crippen LogP contribution >= 0.6 is 0 Å². The Morgan fingerprint density at radius 1 is 0.950 bits per heavy atom. The first-order chi connectivity index (χ1) is 9.63. The summed E-state index contributed by atoms with van der Waals surface area (Å²) in [5.41, 5.74) is 3.09. The SMILES string of the molecule is COC(=O)c1c2ccccc2cc2c(C)c(C)ccc12. The second-order valence-corrected chi connectivity index (χ2v) is 5.07. The summed E-state index contributed by atoms with van der Waals surface area (Å²) < 4.78 is 4.98. The van der Waals surface area contributed by atoms with Gasteiger partial charge in [-0.3, -0.25) is 0 Å². The van der Waals surface area contributed by atoms with E-state index in [9.17, 15) is 4.79 Å². The number of carbonyl (C=O) groups is 1. The third-order valence-electron chi connectivity index (χ3n) is 3.97. The first-order valence-corrected chi connectivity index (χ1v) is 6.63. The topological polar surface area (TPSA) is 26.3 Å². The van der Waals surface area contributed by atoms with Gasteiger partial charge in [0.15, 0.2) is 0 Å². The minimum Gasteiger partial charge on any atom is -0.465 e. The molecule has 0 radical (unpaired) electrons. The van der Waals surface area contributed by atoms with Gasteiger partial charge in [-0.05, 0) is 52.6 Å². The fourth-order valence-corrected chi connectivity index (χ4v) is 2.71. The van der Waals surface area contributed by atoms with Crippen LogP contribution in [0, 0.1) is 13.8 Å². The van der Waals surface area contributed by atoms with E-state index in [1.54, 1.807) is 0 Å². The number of fused-ring (bicyclic) bond motifs is 2. The van der Waals surface area contributed by atoms with Gasteiger partial charge in [0.05, 0.1) is 12.7 Å². The van der Waals surface area contributed by atoms with Crippen molar-refractivity contribution >= 4 is 27.5 Å². The zero-order valence-electron chi connectivity index (χ0n) is 11.9. The normalized spacial score (nSPS) is 10.9. The average Bonchev–Trinajstić information content (AvgIpc) is 2.48. The maximum atomic E-state index is 12.2. The van der Waals surface area contributed by atoms with Crippen molar-refractivity contribution in [2.75, 3.05) is 7.11 Å². The van der Waals surface area contributed by atoms with Gasteiger partial charge in [0, 0.05) is 0 Å². The van der Waals surface area contributed by atoms with Gasteiger partial charge in [0.2, 0.25) is 0 Å². The highest BCUT2D eigenvalue weighted by Crippen LogP contribution is 2.32. The number of carbonyl (C=O) groups excluding carboxylic acids is 1. The van der Waals surface area contributed by atoms with Crippen LogP contribution in [0.4, 0.5) is 0 Å². The highest BCUT2D eigenvalue weighted by molar-refractivity contribution is 6.17. The molecule has 0 aliphatic rings. The van der Waals surface area contributed by atoms with Crippen LogP contribution < -0.4 is 0 Å². The van der Waals surface area contributed by atoms with E-state index in [0.717, 1.165) is 21.5 Å². The summed E-state index contributed by atoms with van der Waals surface area (Å²) in [6.45, 7) is 4.18. The molecule has 0 saturated carbocycles. The number of esters is 1. The van der Waals surface area contributed by atoms with Crippen molar-refractivity contribution in [3.63, 3.8) is 0 Å². The van der Waals surface area contributed by atoms with Crippen LogP contribution in [0.2, 0.25) is 0 Å². The van der Waals surface area contributed by atoms with Crippen LogP contribution in [0.1, 0.15) is 21.5 Å². The number of ether oxygens (including phenoxy) is 1. The van der Waals surface area contributed by atoms with Gasteiger partial charge in [-0.15, -0.1) is 0 Å². The molecule has 0 bridgehead atoms. The van der Waals surface area contributed by atoms with E-state index in [0.29, 0.717) is 5.56 Å². The Hall–Kier alpha value is -2.35.